The van der Waals surface area contributed by atoms with Crippen LogP contribution in [0.2, 0.25) is 0 Å². The quantitative estimate of drug-likeness (QED) is 0.854. The van der Waals surface area contributed by atoms with Crippen LogP contribution >= 0.6 is 0 Å². The van der Waals surface area contributed by atoms with Gasteiger partial charge in [-0.1, -0.05) is 13.3 Å². The van der Waals surface area contributed by atoms with E-state index in [0.29, 0.717) is 0 Å². The highest BCUT2D eigenvalue weighted by Gasteiger charge is 2.00. The summed E-state index contributed by atoms with van der Waals surface area (Å²) in [6.07, 6.45) is 2.04. The first-order valence-electron chi connectivity index (χ1n) is 5.41. The molecule has 3 heteroatoms. The first-order chi connectivity index (χ1) is 7.79. The SMILES string of the molecule is CCCc1ccc(-c2ccc(O)cc2)nn1. The van der Waals surface area contributed by atoms with Crippen LogP contribution in [-0.2, 0) is 6.42 Å². The molecule has 0 unspecified atom stereocenters. The number of aryl methyl sites for hydroxylation is 1. The molecule has 3 nitrogen and oxygen atoms in total. The first-order valence-corrected chi connectivity index (χ1v) is 5.41. The molecule has 1 heterocycles. The Hall–Kier alpha value is -1.90. The van der Waals surface area contributed by atoms with Gasteiger partial charge in [-0.25, -0.2) is 0 Å². The van der Waals surface area contributed by atoms with Crippen molar-refractivity contribution < 1.29 is 5.11 Å². The van der Waals surface area contributed by atoms with Gasteiger partial charge in [0.05, 0.1) is 11.4 Å². The van der Waals surface area contributed by atoms with E-state index in [1.807, 2.05) is 24.3 Å². The molecule has 2 rings (SSSR count). The molecule has 0 radical (unpaired) electrons. The molecule has 0 atom stereocenters. The smallest absolute Gasteiger partial charge is 0.115 e. The molecule has 0 bridgehead atoms. The molecule has 0 aliphatic heterocycles. The minimum atomic E-state index is 0.263. The minimum Gasteiger partial charge on any atom is -0.508 e. The van der Waals surface area contributed by atoms with Crippen LogP contribution in [0.1, 0.15) is 19.0 Å². The zero-order valence-corrected chi connectivity index (χ0v) is 9.22. The van der Waals surface area contributed by atoms with E-state index in [1.165, 1.54) is 0 Å². The summed E-state index contributed by atoms with van der Waals surface area (Å²) >= 11 is 0. The summed E-state index contributed by atoms with van der Waals surface area (Å²) in [5.74, 6) is 0.263. The summed E-state index contributed by atoms with van der Waals surface area (Å²) in [6.45, 7) is 2.12. The van der Waals surface area contributed by atoms with E-state index in [1.54, 1.807) is 12.1 Å². The van der Waals surface area contributed by atoms with Crippen molar-refractivity contribution in [1.29, 1.82) is 0 Å². The second-order valence-corrected chi connectivity index (χ2v) is 3.71. The van der Waals surface area contributed by atoms with Crippen molar-refractivity contribution >= 4 is 0 Å². The highest BCUT2D eigenvalue weighted by atomic mass is 16.3. The number of rotatable bonds is 3. The largest absolute Gasteiger partial charge is 0.508 e. The summed E-state index contributed by atoms with van der Waals surface area (Å²) in [4.78, 5) is 0. The number of phenols is 1. The molecule has 0 fully saturated rings. The van der Waals surface area contributed by atoms with E-state index in [2.05, 4.69) is 17.1 Å². The topological polar surface area (TPSA) is 46.0 Å². The van der Waals surface area contributed by atoms with Crippen LogP contribution < -0.4 is 0 Å². The third-order valence-electron chi connectivity index (χ3n) is 2.39. The van der Waals surface area contributed by atoms with Crippen molar-refractivity contribution in [1.82, 2.24) is 10.2 Å². The van der Waals surface area contributed by atoms with Crippen LogP contribution in [0.4, 0.5) is 0 Å². The molecule has 0 aliphatic carbocycles. The number of hydrogen-bond acceptors (Lipinski definition) is 3. The predicted octanol–water partition coefficient (Wildman–Crippen LogP) is 2.80. The van der Waals surface area contributed by atoms with Gasteiger partial charge in [-0.2, -0.15) is 10.2 Å². The van der Waals surface area contributed by atoms with Gasteiger partial charge >= 0.3 is 0 Å². The van der Waals surface area contributed by atoms with Gasteiger partial charge in [0.2, 0.25) is 0 Å². The van der Waals surface area contributed by atoms with Crippen LogP contribution in [0.3, 0.4) is 0 Å². The molecular weight excluding hydrogens is 200 g/mol. The Morgan fingerprint density at radius 3 is 2.31 bits per heavy atom. The van der Waals surface area contributed by atoms with E-state index in [-0.39, 0.29) is 5.75 Å². The second-order valence-electron chi connectivity index (χ2n) is 3.71. The molecule has 0 amide bonds. The Labute approximate surface area is 94.8 Å². The Morgan fingerprint density at radius 1 is 1.00 bits per heavy atom. The maximum atomic E-state index is 9.18. The lowest BCUT2D eigenvalue weighted by molar-refractivity contribution is 0.475. The molecule has 1 aromatic heterocycles. The molecule has 0 aliphatic rings. The van der Waals surface area contributed by atoms with Gasteiger partial charge in [0.25, 0.3) is 0 Å². The first kappa shape index (κ1) is 10.6. The number of nitrogens with zero attached hydrogens (tertiary/aromatic N) is 2. The lowest BCUT2D eigenvalue weighted by Gasteiger charge is -2.01. The summed E-state index contributed by atoms with van der Waals surface area (Å²) in [5.41, 5.74) is 2.82. The fraction of sp³-hybridized carbons (Fsp3) is 0.231. The Morgan fingerprint density at radius 2 is 1.75 bits per heavy atom. The number of hydrogen-bond donors (Lipinski definition) is 1. The minimum absolute atomic E-state index is 0.263. The lowest BCUT2D eigenvalue weighted by atomic mass is 10.1. The van der Waals surface area contributed by atoms with Crippen molar-refractivity contribution in [3.63, 3.8) is 0 Å². The van der Waals surface area contributed by atoms with E-state index in [4.69, 9.17) is 0 Å². The molecule has 0 saturated heterocycles. The molecule has 1 aromatic carbocycles. The summed E-state index contributed by atoms with van der Waals surface area (Å²) < 4.78 is 0. The van der Waals surface area contributed by atoms with Crippen LogP contribution in [0, 0.1) is 0 Å². The Balaban J connectivity index is 2.24. The average Bonchev–Trinajstić information content (AvgIpc) is 2.32. The third-order valence-corrected chi connectivity index (χ3v) is 2.39. The third kappa shape index (κ3) is 2.37. The van der Waals surface area contributed by atoms with Gasteiger partial charge in [0, 0.05) is 5.56 Å². The maximum absolute atomic E-state index is 9.18. The van der Waals surface area contributed by atoms with Gasteiger partial charge in [0.1, 0.15) is 5.75 Å². The van der Waals surface area contributed by atoms with Crippen molar-refractivity contribution in [3.05, 3.63) is 42.1 Å². The fourth-order valence-corrected chi connectivity index (χ4v) is 1.54. The standard InChI is InChI=1S/C13H14N2O/c1-2-3-11-6-9-13(15-14-11)10-4-7-12(16)8-5-10/h4-9,16H,2-3H2,1H3. The van der Waals surface area contributed by atoms with E-state index < -0.39 is 0 Å². The highest BCUT2D eigenvalue weighted by molar-refractivity contribution is 5.59. The van der Waals surface area contributed by atoms with Gasteiger partial charge < -0.3 is 5.11 Å². The van der Waals surface area contributed by atoms with E-state index in [9.17, 15) is 5.11 Å². The zero-order valence-electron chi connectivity index (χ0n) is 9.22. The average molecular weight is 214 g/mol. The number of benzene rings is 1. The van der Waals surface area contributed by atoms with E-state index in [0.717, 1.165) is 29.8 Å². The summed E-state index contributed by atoms with van der Waals surface area (Å²) in [7, 11) is 0. The molecule has 82 valence electrons. The zero-order chi connectivity index (χ0) is 11.4. The van der Waals surface area contributed by atoms with Gasteiger partial charge in [-0.15, -0.1) is 0 Å². The molecule has 0 spiro atoms. The Bertz CT molecular complexity index is 448. The lowest BCUT2D eigenvalue weighted by Crippen LogP contribution is -1.93. The predicted molar refractivity (Wildman–Crippen MR) is 63.1 cm³/mol. The number of phenolic OH excluding ortho intramolecular Hbond substituents is 1. The van der Waals surface area contributed by atoms with Gasteiger partial charge in [-0.05, 0) is 42.8 Å². The van der Waals surface area contributed by atoms with Crippen molar-refractivity contribution in [3.8, 4) is 17.0 Å². The number of aromatic nitrogens is 2. The molecule has 16 heavy (non-hydrogen) atoms. The Kier molecular flexibility index (Phi) is 3.15. The molecule has 2 aromatic rings. The normalized spacial score (nSPS) is 10.3. The monoisotopic (exact) mass is 214 g/mol. The fourth-order valence-electron chi connectivity index (χ4n) is 1.54. The summed E-state index contributed by atoms with van der Waals surface area (Å²) in [5, 5.41) is 17.5. The molecule has 1 N–H and O–H groups in total. The van der Waals surface area contributed by atoms with E-state index >= 15 is 0 Å². The van der Waals surface area contributed by atoms with Crippen LogP contribution in [0.25, 0.3) is 11.3 Å². The highest BCUT2D eigenvalue weighted by Crippen LogP contribution is 2.19. The molecule has 0 saturated carbocycles. The maximum Gasteiger partial charge on any atom is 0.115 e. The van der Waals surface area contributed by atoms with Crippen molar-refractivity contribution in [2.75, 3.05) is 0 Å². The van der Waals surface area contributed by atoms with Crippen LogP contribution in [-0.4, -0.2) is 15.3 Å². The second kappa shape index (κ2) is 4.75. The van der Waals surface area contributed by atoms with Crippen LogP contribution in [0.15, 0.2) is 36.4 Å². The van der Waals surface area contributed by atoms with Crippen molar-refractivity contribution in [2.24, 2.45) is 0 Å². The molecular formula is C13H14N2O. The number of aromatic hydroxyl groups is 1. The van der Waals surface area contributed by atoms with Gasteiger partial charge in [0.15, 0.2) is 0 Å². The van der Waals surface area contributed by atoms with Gasteiger partial charge in [-0.3, -0.25) is 0 Å². The van der Waals surface area contributed by atoms with Crippen LogP contribution in [0.5, 0.6) is 5.75 Å². The summed E-state index contributed by atoms with van der Waals surface area (Å²) in [6, 6.07) is 10.9. The van der Waals surface area contributed by atoms with Crippen molar-refractivity contribution in [2.45, 2.75) is 19.8 Å².